The maximum atomic E-state index is 11.8. The van der Waals surface area contributed by atoms with Gasteiger partial charge in [0.2, 0.25) is 5.91 Å². The molecule has 3 nitrogen and oxygen atoms in total. The number of nitrogens with zero attached hydrogens (tertiary/aromatic N) is 1. The largest absolute Gasteiger partial charge is 0.337 e. The van der Waals surface area contributed by atoms with Crippen molar-refractivity contribution in [3.63, 3.8) is 0 Å². The lowest BCUT2D eigenvalue weighted by atomic mass is 9.99. The molecule has 0 saturated heterocycles. The van der Waals surface area contributed by atoms with Gasteiger partial charge in [0.05, 0.1) is 6.04 Å². The number of halogens is 1. The Balaban J connectivity index is 2.21. The Bertz CT molecular complexity index is 417. The van der Waals surface area contributed by atoms with E-state index in [4.69, 9.17) is 17.3 Å². The van der Waals surface area contributed by atoms with Crippen molar-refractivity contribution in [2.24, 2.45) is 5.73 Å². The summed E-state index contributed by atoms with van der Waals surface area (Å²) >= 11 is 6.10. The summed E-state index contributed by atoms with van der Waals surface area (Å²) in [5, 5.41) is 0.797. The summed E-state index contributed by atoms with van der Waals surface area (Å²) in [4.78, 5) is 13.6. The lowest BCUT2D eigenvalue weighted by molar-refractivity contribution is -0.133. The highest BCUT2D eigenvalue weighted by molar-refractivity contribution is 6.31. The Labute approximate surface area is 100 Å². The molecule has 1 atom stereocenters. The molecule has 0 aliphatic carbocycles. The molecular formula is C12H15ClN2O. The third-order valence-electron chi connectivity index (χ3n) is 2.91. The van der Waals surface area contributed by atoms with Crippen LogP contribution < -0.4 is 5.73 Å². The zero-order chi connectivity index (χ0) is 11.7. The molecule has 2 rings (SSSR count). The zero-order valence-corrected chi connectivity index (χ0v) is 10.00. The Hall–Kier alpha value is -1.06. The second-order valence-corrected chi connectivity index (χ2v) is 4.58. The number of rotatable bonds is 1. The van der Waals surface area contributed by atoms with Gasteiger partial charge in [0.1, 0.15) is 0 Å². The molecule has 0 aromatic heterocycles. The molecular weight excluding hydrogens is 224 g/mol. The Morgan fingerprint density at radius 3 is 3.00 bits per heavy atom. The number of nitrogens with two attached hydrogens (primary N) is 1. The lowest BCUT2D eigenvalue weighted by Gasteiger charge is -2.30. The van der Waals surface area contributed by atoms with Crippen LogP contribution in [0.3, 0.4) is 0 Å². The van der Waals surface area contributed by atoms with E-state index < -0.39 is 6.04 Å². The lowest BCUT2D eigenvalue weighted by Crippen LogP contribution is -2.44. The fourth-order valence-corrected chi connectivity index (χ4v) is 2.33. The molecule has 2 N–H and O–H groups in total. The quantitative estimate of drug-likeness (QED) is 0.808. The number of hydrogen-bond donors (Lipinski definition) is 1. The van der Waals surface area contributed by atoms with Crippen molar-refractivity contribution in [1.29, 1.82) is 0 Å². The zero-order valence-electron chi connectivity index (χ0n) is 9.24. The summed E-state index contributed by atoms with van der Waals surface area (Å²) in [6.07, 6.45) is 0.813. The van der Waals surface area contributed by atoms with E-state index in [0.717, 1.165) is 22.6 Å². The smallest absolute Gasteiger partial charge is 0.239 e. The van der Waals surface area contributed by atoms with E-state index >= 15 is 0 Å². The van der Waals surface area contributed by atoms with Gasteiger partial charge in [-0.05, 0) is 30.5 Å². The van der Waals surface area contributed by atoms with Gasteiger partial charge in [-0.2, -0.15) is 0 Å². The Morgan fingerprint density at radius 1 is 1.56 bits per heavy atom. The third kappa shape index (κ3) is 2.06. The summed E-state index contributed by atoms with van der Waals surface area (Å²) in [5.41, 5.74) is 7.90. The maximum Gasteiger partial charge on any atom is 0.239 e. The van der Waals surface area contributed by atoms with Crippen molar-refractivity contribution in [2.75, 3.05) is 6.54 Å². The van der Waals surface area contributed by atoms with Crippen LogP contribution in [0.1, 0.15) is 18.1 Å². The molecule has 0 bridgehead atoms. The van der Waals surface area contributed by atoms with Gasteiger partial charge < -0.3 is 10.6 Å². The van der Waals surface area contributed by atoms with Crippen molar-refractivity contribution in [1.82, 2.24) is 4.90 Å². The van der Waals surface area contributed by atoms with Gasteiger partial charge >= 0.3 is 0 Å². The van der Waals surface area contributed by atoms with Crippen LogP contribution in [0.5, 0.6) is 0 Å². The number of benzene rings is 1. The van der Waals surface area contributed by atoms with E-state index in [9.17, 15) is 4.79 Å². The number of carbonyl (C=O) groups is 1. The van der Waals surface area contributed by atoms with Crippen LogP contribution in [-0.2, 0) is 17.8 Å². The Kier molecular flexibility index (Phi) is 3.17. The van der Waals surface area contributed by atoms with E-state index in [-0.39, 0.29) is 5.91 Å². The minimum Gasteiger partial charge on any atom is -0.337 e. The average Bonchev–Trinajstić information content (AvgIpc) is 2.28. The molecule has 0 fully saturated rings. The van der Waals surface area contributed by atoms with Crippen LogP contribution in [0.2, 0.25) is 5.02 Å². The molecule has 16 heavy (non-hydrogen) atoms. The SMILES string of the molecule is C[C@@H](N)C(=O)N1CCc2c(Cl)cccc2C1. The van der Waals surface area contributed by atoms with E-state index in [1.807, 2.05) is 18.2 Å². The van der Waals surface area contributed by atoms with Gasteiger partial charge in [-0.1, -0.05) is 23.7 Å². The summed E-state index contributed by atoms with van der Waals surface area (Å²) in [5.74, 6) is 0.00521. The summed E-state index contributed by atoms with van der Waals surface area (Å²) in [6.45, 7) is 3.04. The second-order valence-electron chi connectivity index (χ2n) is 4.18. The van der Waals surface area contributed by atoms with Gasteiger partial charge in [0.15, 0.2) is 0 Å². The molecule has 0 saturated carbocycles. The van der Waals surface area contributed by atoms with Crippen LogP contribution >= 0.6 is 11.6 Å². The van der Waals surface area contributed by atoms with Crippen LogP contribution in [0.4, 0.5) is 0 Å². The van der Waals surface area contributed by atoms with Gasteiger partial charge in [-0.15, -0.1) is 0 Å². The third-order valence-corrected chi connectivity index (χ3v) is 3.26. The van der Waals surface area contributed by atoms with Crippen LogP contribution in [0.15, 0.2) is 18.2 Å². The molecule has 1 aromatic rings. The van der Waals surface area contributed by atoms with Crippen molar-refractivity contribution in [3.05, 3.63) is 34.3 Å². The normalized spacial score (nSPS) is 16.8. The molecule has 0 unspecified atom stereocenters. The molecule has 0 spiro atoms. The fourth-order valence-electron chi connectivity index (χ4n) is 2.04. The van der Waals surface area contributed by atoms with Crippen molar-refractivity contribution in [2.45, 2.75) is 25.9 Å². The molecule has 4 heteroatoms. The van der Waals surface area contributed by atoms with E-state index in [0.29, 0.717) is 13.1 Å². The van der Waals surface area contributed by atoms with E-state index in [1.54, 1.807) is 11.8 Å². The number of fused-ring (bicyclic) bond motifs is 1. The molecule has 1 aliphatic rings. The average molecular weight is 239 g/mol. The second kappa shape index (κ2) is 4.44. The predicted octanol–water partition coefficient (Wildman–Crippen LogP) is 1.57. The van der Waals surface area contributed by atoms with E-state index in [2.05, 4.69) is 0 Å². The highest BCUT2D eigenvalue weighted by atomic mass is 35.5. The number of carbonyl (C=O) groups excluding carboxylic acids is 1. The molecule has 1 heterocycles. The van der Waals surface area contributed by atoms with Crippen molar-refractivity contribution in [3.8, 4) is 0 Å². The molecule has 1 aliphatic heterocycles. The topological polar surface area (TPSA) is 46.3 Å². The first-order valence-electron chi connectivity index (χ1n) is 5.40. The molecule has 0 radical (unpaired) electrons. The number of amides is 1. The monoisotopic (exact) mass is 238 g/mol. The molecule has 1 aromatic carbocycles. The van der Waals surface area contributed by atoms with Crippen LogP contribution in [-0.4, -0.2) is 23.4 Å². The standard InChI is InChI=1S/C12H15ClN2O/c1-8(14)12(16)15-6-5-10-9(7-15)3-2-4-11(10)13/h2-4,8H,5-7,14H2,1H3/t8-/m1/s1. The maximum absolute atomic E-state index is 11.8. The minimum absolute atomic E-state index is 0.00521. The Morgan fingerprint density at radius 2 is 2.31 bits per heavy atom. The highest BCUT2D eigenvalue weighted by Gasteiger charge is 2.23. The molecule has 86 valence electrons. The first kappa shape index (κ1) is 11.4. The van der Waals surface area contributed by atoms with Crippen molar-refractivity contribution < 1.29 is 4.79 Å². The predicted molar refractivity (Wildman–Crippen MR) is 64.2 cm³/mol. The first-order chi connectivity index (χ1) is 7.59. The first-order valence-corrected chi connectivity index (χ1v) is 5.78. The summed E-state index contributed by atoms with van der Waals surface area (Å²) < 4.78 is 0. The summed E-state index contributed by atoms with van der Waals surface area (Å²) in [6, 6.07) is 5.40. The van der Waals surface area contributed by atoms with Gasteiger partial charge in [-0.25, -0.2) is 0 Å². The molecule has 1 amide bonds. The van der Waals surface area contributed by atoms with Crippen molar-refractivity contribution >= 4 is 17.5 Å². The van der Waals surface area contributed by atoms with Gasteiger partial charge in [0.25, 0.3) is 0 Å². The minimum atomic E-state index is -0.430. The van der Waals surface area contributed by atoms with Gasteiger partial charge in [-0.3, -0.25) is 4.79 Å². The fraction of sp³-hybridized carbons (Fsp3) is 0.417. The van der Waals surface area contributed by atoms with Crippen LogP contribution in [0, 0.1) is 0 Å². The highest BCUT2D eigenvalue weighted by Crippen LogP contribution is 2.25. The van der Waals surface area contributed by atoms with Crippen LogP contribution in [0.25, 0.3) is 0 Å². The van der Waals surface area contributed by atoms with E-state index in [1.165, 1.54) is 0 Å². The summed E-state index contributed by atoms with van der Waals surface area (Å²) in [7, 11) is 0. The van der Waals surface area contributed by atoms with Gasteiger partial charge in [0, 0.05) is 18.1 Å². The number of hydrogen-bond acceptors (Lipinski definition) is 2.